The first-order chi connectivity index (χ1) is 15.4. The van der Waals surface area contributed by atoms with Crippen molar-refractivity contribution in [3.63, 3.8) is 0 Å². The van der Waals surface area contributed by atoms with E-state index in [9.17, 15) is 9.36 Å². The van der Waals surface area contributed by atoms with Gasteiger partial charge in [-0.3, -0.25) is 14.9 Å². The molecule has 1 heterocycles. The van der Waals surface area contributed by atoms with E-state index in [0.717, 1.165) is 41.3 Å². The normalized spacial score (nSPS) is 13.7. The fourth-order valence-corrected chi connectivity index (χ4v) is 6.67. The first-order valence-electron chi connectivity index (χ1n) is 11.2. The summed E-state index contributed by atoms with van der Waals surface area (Å²) in [6.07, 6.45) is 0. The maximum Gasteiger partial charge on any atom is 0.303 e. The largest absolute Gasteiger partial charge is 0.383 e. The van der Waals surface area contributed by atoms with Crippen LogP contribution in [-0.2, 0) is 4.57 Å². The highest BCUT2D eigenvalue weighted by Gasteiger charge is 2.25. The van der Waals surface area contributed by atoms with Gasteiger partial charge in [-0.1, -0.05) is 39.8 Å². The van der Waals surface area contributed by atoms with E-state index in [2.05, 4.69) is 29.2 Å². The van der Waals surface area contributed by atoms with E-state index in [1.807, 2.05) is 50.2 Å². The minimum atomic E-state index is -3.30. The minimum absolute atomic E-state index is 0.0296. The number of nitrogens with zero attached hydrogens (tertiary/aromatic N) is 2. The van der Waals surface area contributed by atoms with Crippen molar-refractivity contribution < 1.29 is 4.57 Å². The zero-order valence-electron chi connectivity index (χ0n) is 19.4. The molecule has 3 rings (SSSR count). The fraction of sp³-hybridized carbons (Fsp3) is 0.435. The number of benzene rings is 2. The van der Waals surface area contributed by atoms with E-state index in [-0.39, 0.29) is 5.43 Å². The molecule has 1 unspecified atom stereocenters. The molecule has 1 aromatic heterocycles. The second-order valence-corrected chi connectivity index (χ2v) is 10.7. The van der Waals surface area contributed by atoms with Crippen LogP contribution < -0.4 is 21.3 Å². The van der Waals surface area contributed by atoms with Gasteiger partial charge in [-0.05, 0) is 37.4 Å². The van der Waals surface area contributed by atoms with Gasteiger partial charge in [0.25, 0.3) is 0 Å². The van der Waals surface area contributed by atoms with Crippen LogP contribution in [0.4, 0.5) is 11.4 Å². The van der Waals surface area contributed by atoms with Crippen molar-refractivity contribution in [3.8, 4) is 0 Å². The van der Waals surface area contributed by atoms with Crippen molar-refractivity contribution in [2.24, 2.45) is 5.50 Å². The van der Waals surface area contributed by atoms with Crippen molar-refractivity contribution in [2.75, 3.05) is 49.7 Å². The zero-order valence-corrected chi connectivity index (χ0v) is 21.1. The van der Waals surface area contributed by atoms with Crippen LogP contribution in [0.1, 0.15) is 27.7 Å². The number of anilines is 2. The Morgan fingerprint density at radius 3 is 2.28 bits per heavy atom. The lowest BCUT2D eigenvalue weighted by Crippen LogP contribution is -2.29. The SMILES string of the molecule is CCN(CC)CCNc1ccc(NP(N)(=O)N(CC)CC)c2sc3ccccc3c(=O)c12. The second kappa shape index (κ2) is 10.8. The van der Waals surface area contributed by atoms with Gasteiger partial charge >= 0.3 is 7.59 Å². The van der Waals surface area contributed by atoms with Gasteiger partial charge in [0.05, 0.1) is 15.8 Å². The molecular weight excluding hydrogens is 441 g/mol. The molecule has 3 aromatic rings. The van der Waals surface area contributed by atoms with Crippen LogP contribution in [0, 0.1) is 0 Å². The third-order valence-corrected chi connectivity index (χ3v) is 8.97. The van der Waals surface area contributed by atoms with Crippen LogP contribution in [0.2, 0.25) is 0 Å². The summed E-state index contributed by atoms with van der Waals surface area (Å²) in [5.74, 6) is 0. The molecular formula is C23H34N5O2PS. The number of nitrogens with two attached hydrogens (primary N) is 1. The molecule has 1 atom stereocenters. The van der Waals surface area contributed by atoms with Gasteiger partial charge in [0, 0.05) is 42.0 Å². The molecule has 0 aliphatic rings. The lowest BCUT2D eigenvalue weighted by molar-refractivity contribution is 0.316. The Balaban J connectivity index is 2.10. The molecule has 9 heteroatoms. The summed E-state index contributed by atoms with van der Waals surface area (Å²) in [6.45, 7) is 12.9. The smallest absolute Gasteiger partial charge is 0.303 e. The van der Waals surface area contributed by atoms with Gasteiger partial charge in [0.15, 0.2) is 5.43 Å². The molecule has 0 amide bonds. The van der Waals surface area contributed by atoms with E-state index in [4.69, 9.17) is 5.50 Å². The predicted octanol–water partition coefficient (Wildman–Crippen LogP) is 4.99. The molecule has 0 aliphatic carbocycles. The van der Waals surface area contributed by atoms with E-state index in [0.29, 0.717) is 29.5 Å². The molecule has 7 nitrogen and oxygen atoms in total. The first-order valence-corrected chi connectivity index (χ1v) is 13.8. The van der Waals surface area contributed by atoms with Gasteiger partial charge < -0.3 is 15.3 Å². The van der Waals surface area contributed by atoms with Crippen molar-refractivity contribution in [1.29, 1.82) is 0 Å². The molecule has 0 saturated carbocycles. The van der Waals surface area contributed by atoms with Crippen LogP contribution >= 0.6 is 18.9 Å². The summed E-state index contributed by atoms with van der Waals surface area (Å²) in [7, 11) is -3.30. The highest BCUT2D eigenvalue weighted by molar-refractivity contribution is 7.60. The van der Waals surface area contributed by atoms with Crippen LogP contribution in [-0.4, -0.2) is 48.8 Å². The maximum atomic E-state index is 13.5. The minimum Gasteiger partial charge on any atom is -0.383 e. The number of nitrogens with one attached hydrogen (secondary N) is 2. The van der Waals surface area contributed by atoms with Crippen molar-refractivity contribution >= 4 is 50.5 Å². The molecule has 0 aliphatic heterocycles. The molecule has 0 bridgehead atoms. The molecule has 174 valence electrons. The van der Waals surface area contributed by atoms with Gasteiger partial charge in [-0.15, -0.1) is 11.3 Å². The van der Waals surface area contributed by atoms with Gasteiger partial charge in [0.2, 0.25) is 0 Å². The summed E-state index contributed by atoms with van der Waals surface area (Å²) in [5.41, 5.74) is 7.60. The van der Waals surface area contributed by atoms with Crippen LogP contribution in [0.3, 0.4) is 0 Å². The van der Waals surface area contributed by atoms with Crippen molar-refractivity contribution in [1.82, 2.24) is 9.57 Å². The summed E-state index contributed by atoms with van der Waals surface area (Å²) in [5, 5.41) is 7.82. The van der Waals surface area contributed by atoms with Crippen LogP contribution in [0.15, 0.2) is 41.2 Å². The Hall–Kier alpha value is -1.96. The van der Waals surface area contributed by atoms with E-state index >= 15 is 0 Å². The summed E-state index contributed by atoms with van der Waals surface area (Å²) >= 11 is 1.51. The van der Waals surface area contributed by atoms with E-state index in [1.54, 1.807) is 4.67 Å². The summed E-state index contributed by atoms with van der Waals surface area (Å²) in [6, 6.07) is 11.4. The summed E-state index contributed by atoms with van der Waals surface area (Å²) in [4.78, 5) is 15.8. The Bertz CT molecular complexity index is 1170. The molecule has 32 heavy (non-hydrogen) atoms. The maximum absolute atomic E-state index is 13.5. The van der Waals surface area contributed by atoms with Crippen molar-refractivity contribution in [2.45, 2.75) is 27.7 Å². The standard InChI is InChI=1S/C23H34N5O2PS/c1-5-27(6-2)16-15-25-18-13-14-19(26-31(24,30)28(7-3)8-4)23-21(18)22(29)17-11-9-10-12-20(17)32-23/h9-14,25H,5-8,15-16H2,1-4H3,(H3,24,26,30). The molecule has 2 aromatic carbocycles. The monoisotopic (exact) mass is 475 g/mol. The average molecular weight is 476 g/mol. The molecule has 0 spiro atoms. The predicted molar refractivity (Wildman–Crippen MR) is 140 cm³/mol. The topological polar surface area (TPSA) is 90.7 Å². The van der Waals surface area contributed by atoms with Crippen LogP contribution in [0.25, 0.3) is 20.2 Å². The Kier molecular flexibility index (Phi) is 8.31. The molecule has 4 N–H and O–H groups in total. The van der Waals surface area contributed by atoms with E-state index < -0.39 is 7.59 Å². The Morgan fingerprint density at radius 2 is 1.62 bits per heavy atom. The van der Waals surface area contributed by atoms with Gasteiger partial charge in [-0.25, -0.2) is 4.67 Å². The number of rotatable bonds is 11. The lowest BCUT2D eigenvalue weighted by atomic mass is 10.1. The number of likely N-dealkylation sites (N-methyl/N-ethyl adjacent to an activating group) is 1. The summed E-state index contributed by atoms with van der Waals surface area (Å²) < 4.78 is 16.6. The first kappa shape index (κ1) is 24.7. The molecule has 0 saturated heterocycles. The highest BCUT2D eigenvalue weighted by atomic mass is 32.1. The van der Waals surface area contributed by atoms with Crippen LogP contribution in [0.5, 0.6) is 0 Å². The molecule has 0 fully saturated rings. The number of fused-ring (bicyclic) bond motifs is 2. The zero-order chi connectivity index (χ0) is 23.3. The fourth-order valence-electron chi connectivity index (χ4n) is 3.91. The number of hydrogen-bond acceptors (Lipinski definition) is 5. The third kappa shape index (κ3) is 5.16. The van der Waals surface area contributed by atoms with E-state index in [1.165, 1.54) is 11.3 Å². The van der Waals surface area contributed by atoms with Gasteiger partial charge in [0.1, 0.15) is 0 Å². The third-order valence-electron chi connectivity index (χ3n) is 5.80. The van der Waals surface area contributed by atoms with Crippen molar-refractivity contribution in [3.05, 3.63) is 46.6 Å². The van der Waals surface area contributed by atoms with Gasteiger partial charge in [-0.2, -0.15) is 0 Å². The lowest BCUT2D eigenvalue weighted by Gasteiger charge is -2.27. The molecule has 0 radical (unpaired) electrons. The average Bonchev–Trinajstić information content (AvgIpc) is 2.78. The number of hydrogen-bond donors (Lipinski definition) is 3. The second-order valence-electron chi connectivity index (χ2n) is 7.62. The highest BCUT2D eigenvalue weighted by Crippen LogP contribution is 2.44. The Labute approximate surface area is 194 Å². The Morgan fingerprint density at radius 1 is 0.969 bits per heavy atom. The quantitative estimate of drug-likeness (QED) is 0.266.